The first-order valence-corrected chi connectivity index (χ1v) is 7.62. The van der Waals surface area contributed by atoms with Crippen molar-refractivity contribution in [2.24, 2.45) is 0 Å². The van der Waals surface area contributed by atoms with Gasteiger partial charge in [0.2, 0.25) is 0 Å². The molecule has 1 aromatic rings. The summed E-state index contributed by atoms with van der Waals surface area (Å²) in [7, 11) is 0. The Morgan fingerprint density at radius 3 is 2.39 bits per heavy atom. The zero-order chi connectivity index (χ0) is 12.9. The molecule has 0 spiro atoms. The number of imidazole rings is 1. The molecule has 1 rings (SSSR count). The fourth-order valence-corrected chi connectivity index (χ4v) is 2.15. The van der Waals surface area contributed by atoms with Gasteiger partial charge in [0.15, 0.2) is 0 Å². The number of aromatic amines is 1. The molecule has 0 radical (unpaired) electrons. The van der Waals surface area contributed by atoms with Crippen LogP contribution < -0.4 is 5.32 Å². The highest BCUT2D eigenvalue weighted by atomic mass is 14.9. The van der Waals surface area contributed by atoms with Crippen LogP contribution in [0.5, 0.6) is 0 Å². The van der Waals surface area contributed by atoms with Gasteiger partial charge in [-0.15, -0.1) is 0 Å². The Bertz CT molecular complexity index is 257. The van der Waals surface area contributed by atoms with Gasteiger partial charge in [0.1, 0.15) is 5.82 Å². The van der Waals surface area contributed by atoms with E-state index in [-0.39, 0.29) is 0 Å². The Labute approximate surface area is 112 Å². The van der Waals surface area contributed by atoms with Crippen molar-refractivity contribution in [3.63, 3.8) is 0 Å². The summed E-state index contributed by atoms with van der Waals surface area (Å²) < 4.78 is 0. The molecule has 0 atom stereocenters. The number of aromatic nitrogens is 2. The van der Waals surface area contributed by atoms with E-state index < -0.39 is 0 Å². The van der Waals surface area contributed by atoms with Crippen molar-refractivity contribution in [2.75, 3.05) is 13.1 Å². The highest BCUT2D eigenvalue weighted by molar-refractivity contribution is 4.87. The van der Waals surface area contributed by atoms with E-state index in [4.69, 9.17) is 0 Å². The molecule has 0 aliphatic carbocycles. The molecule has 0 saturated carbocycles. The van der Waals surface area contributed by atoms with Crippen molar-refractivity contribution in [1.29, 1.82) is 0 Å². The van der Waals surface area contributed by atoms with E-state index >= 15 is 0 Å². The van der Waals surface area contributed by atoms with Crippen LogP contribution in [0.2, 0.25) is 0 Å². The third-order valence-corrected chi connectivity index (χ3v) is 3.30. The van der Waals surface area contributed by atoms with Gasteiger partial charge >= 0.3 is 0 Å². The van der Waals surface area contributed by atoms with E-state index in [0.717, 1.165) is 25.3 Å². The second-order valence-corrected chi connectivity index (χ2v) is 5.01. The molecule has 0 aliphatic heterocycles. The molecule has 0 amide bonds. The zero-order valence-electron chi connectivity index (χ0n) is 11.9. The Morgan fingerprint density at radius 1 is 1.00 bits per heavy atom. The molecule has 0 bridgehead atoms. The molecule has 0 unspecified atom stereocenters. The lowest BCUT2D eigenvalue weighted by Gasteiger charge is -2.04. The zero-order valence-corrected chi connectivity index (χ0v) is 11.9. The van der Waals surface area contributed by atoms with Gasteiger partial charge in [-0.1, -0.05) is 51.9 Å². The lowest BCUT2D eigenvalue weighted by atomic mass is 10.1. The number of nitrogens with zero attached hydrogens (tertiary/aromatic N) is 1. The molecule has 1 aromatic heterocycles. The van der Waals surface area contributed by atoms with Gasteiger partial charge in [-0.05, 0) is 13.0 Å². The number of hydrogen-bond donors (Lipinski definition) is 2. The normalized spacial score (nSPS) is 10.9. The van der Waals surface area contributed by atoms with Crippen LogP contribution in [0.25, 0.3) is 0 Å². The van der Waals surface area contributed by atoms with Crippen LogP contribution >= 0.6 is 0 Å². The van der Waals surface area contributed by atoms with E-state index in [2.05, 4.69) is 22.2 Å². The Hall–Kier alpha value is -0.830. The van der Waals surface area contributed by atoms with Crippen molar-refractivity contribution >= 4 is 0 Å². The first-order chi connectivity index (χ1) is 8.93. The van der Waals surface area contributed by atoms with Crippen molar-refractivity contribution in [3.05, 3.63) is 18.2 Å². The van der Waals surface area contributed by atoms with E-state index in [1.807, 2.05) is 12.4 Å². The first-order valence-electron chi connectivity index (χ1n) is 7.62. The third-order valence-electron chi connectivity index (χ3n) is 3.30. The molecular weight excluding hydrogens is 222 g/mol. The largest absolute Gasteiger partial charge is 0.349 e. The smallest absolute Gasteiger partial charge is 0.107 e. The minimum atomic E-state index is 1.00. The molecule has 1 heterocycles. The number of unbranched alkanes of at least 4 members (excludes halogenated alkanes) is 7. The molecule has 2 N–H and O–H groups in total. The Balaban J connectivity index is 1.73. The van der Waals surface area contributed by atoms with Gasteiger partial charge in [-0.25, -0.2) is 4.98 Å². The molecule has 3 heteroatoms. The summed E-state index contributed by atoms with van der Waals surface area (Å²) in [6.45, 7) is 4.45. The van der Waals surface area contributed by atoms with Crippen LogP contribution in [-0.4, -0.2) is 23.1 Å². The topological polar surface area (TPSA) is 40.7 Å². The van der Waals surface area contributed by atoms with Crippen molar-refractivity contribution in [1.82, 2.24) is 15.3 Å². The SMILES string of the molecule is CCCCCCCCCCNCCc1ncc[nH]1. The predicted molar refractivity (Wildman–Crippen MR) is 77.8 cm³/mol. The maximum absolute atomic E-state index is 4.20. The monoisotopic (exact) mass is 251 g/mol. The third kappa shape index (κ3) is 8.29. The average Bonchev–Trinajstić information content (AvgIpc) is 2.89. The van der Waals surface area contributed by atoms with Crippen molar-refractivity contribution in [2.45, 2.75) is 64.7 Å². The summed E-state index contributed by atoms with van der Waals surface area (Å²) in [4.78, 5) is 7.32. The summed E-state index contributed by atoms with van der Waals surface area (Å²) in [5.41, 5.74) is 0. The Morgan fingerprint density at radius 2 is 1.72 bits per heavy atom. The van der Waals surface area contributed by atoms with E-state index in [1.165, 1.54) is 51.4 Å². The number of H-pyrrole nitrogens is 1. The van der Waals surface area contributed by atoms with Gasteiger partial charge < -0.3 is 10.3 Å². The highest BCUT2D eigenvalue weighted by Crippen LogP contribution is 2.07. The summed E-state index contributed by atoms with van der Waals surface area (Å²) in [5.74, 6) is 1.08. The molecule has 0 aliphatic rings. The Kier molecular flexibility index (Phi) is 9.54. The van der Waals surface area contributed by atoms with Gasteiger partial charge in [0, 0.05) is 25.4 Å². The maximum atomic E-state index is 4.20. The summed E-state index contributed by atoms with van der Waals surface area (Å²) in [6, 6.07) is 0. The minimum Gasteiger partial charge on any atom is -0.349 e. The van der Waals surface area contributed by atoms with Crippen LogP contribution in [0.4, 0.5) is 0 Å². The van der Waals surface area contributed by atoms with Crippen LogP contribution in [0.3, 0.4) is 0 Å². The summed E-state index contributed by atoms with van der Waals surface area (Å²) in [6.07, 6.45) is 15.8. The van der Waals surface area contributed by atoms with Crippen LogP contribution in [0, 0.1) is 0 Å². The second-order valence-electron chi connectivity index (χ2n) is 5.01. The fraction of sp³-hybridized carbons (Fsp3) is 0.800. The fourth-order valence-electron chi connectivity index (χ4n) is 2.15. The molecular formula is C15H29N3. The highest BCUT2D eigenvalue weighted by Gasteiger charge is 1.94. The summed E-state index contributed by atoms with van der Waals surface area (Å²) in [5, 5.41) is 3.47. The van der Waals surface area contributed by atoms with Crippen molar-refractivity contribution in [3.8, 4) is 0 Å². The van der Waals surface area contributed by atoms with E-state index in [0.29, 0.717) is 0 Å². The van der Waals surface area contributed by atoms with Gasteiger partial charge in [-0.3, -0.25) is 0 Å². The van der Waals surface area contributed by atoms with Crippen LogP contribution in [-0.2, 0) is 6.42 Å². The summed E-state index contributed by atoms with van der Waals surface area (Å²) >= 11 is 0. The average molecular weight is 251 g/mol. The molecule has 0 aromatic carbocycles. The van der Waals surface area contributed by atoms with E-state index in [1.54, 1.807) is 0 Å². The van der Waals surface area contributed by atoms with Crippen molar-refractivity contribution < 1.29 is 0 Å². The number of rotatable bonds is 12. The molecule has 0 saturated heterocycles. The van der Waals surface area contributed by atoms with Crippen LogP contribution in [0.15, 0.2) is 12.4 Å². The predicted octanol–water partition coefficient (Wildman–Crippen LogP) is 3.68. The second kappa shape index (κ2) is 11.3. The van der Waals surface area contributed by atoms with Gasteiger partial charge in [-0.2, -0.15) is 0 Å². The lowest BCUT2D eigenvalue weighted by molar-refractivity contribution is 0.554. The molecule has 3 nitrogen and oxygen atoms in total. The maximum Gasteiger partial charge on any atom is 0.107 e. The number of hydrogen-bond acceptors (Lipinski definition) is 2. The lowest BCUT2D eigenvalue weighted by Crippen LogP contribution is -2.18. The first kappa shape index (κ1) is 15.2. The molecule has 104 valence electrons. The van der Waals surface area contributed by atoms with Crippen LogP contribution in [0.1, 0.15) is 64.1 Å². The van der Waals surface area contributed by atoms with Gasteiger partial charge in [0.25, 0.3) is 0 Å². The number of nitrogens with one attached hydrogen (secondary N) is 2. The quantitative estimate of drug-likeness (QED) is 0.556. The van der Waals surface area contributed by atoms with E-state index in [9.17, 15) is 0 Å². The minimum absolute atomic E-state index is 1.00. The standard InChI is InChI=1S/C15H29N3/c1-2-3-4-5-6-7-8-9-11-16-12-10-15-17-13-14-18-15/h13-14,16H,2-12H2,1H3,(H,17,18). The molecule has 0 fully saturated rings. The van der Waals surface area contributed by atoms with Gasteiger partial charge in [0.05, 0.1) is 0 Å². The molecule has 18 heavy (non-hydrogen) atoms.